The van der Waals surface area contributed by atoms with E-state index in [4.69, 9.17) is 0 Å². The van der Waals surface area contributed by atoms with Crippen LogP contribution in [-0.4, -0.2) is 34.4 Å². The third-order valence-corrected chi connectivity index (χ3v) is 4.52. The van der Waals surface area contributed by atoms with Crippen molar-refractivity contribution in [3.63, 3.8) is 0 Å². The Labute approximate surface area is 156 Å². The lowest BCUT2D eigenvalue weighted by Crippen LogP contribution is -2.35. The van der Waals surface area contributed by atoms with Gasteiger partial charge in [-0.05, 0) is 30.7 Å². The summed E-state index contributed by atoms with van der Waals surface area (Å²) in [6.45, 7) is 9.11. The van der Waals surface area contributed by atoms with Gasteiger partial charge in [0.2, 0.25) is 11.8 Å². The van der Waals surface area contributed by atoms with Gasteiger partial charge in [0.1, 0.15) is 6.04 Å². The molecule has 0 spiro atoms. The van der Waals surface area contributed by atoms with E-state index in [1.54, 1.807) is 10.8 Å². The first-order valence-corrected chi connectivity index (χ1v) is 9.38. The average molecular weight is 357 g/mol. The van der Waals surface area contributed by atoms with Crippen LogP contribution in [0.5, 0.6) is 5.88 Å². The Hall–Kier alpha value is -2.30. The summed E-state index contributed by atoms with van der Waals surface area (Å²) in [5.41, 5.74) is 1.60. The van der Waals surface area contributed by atoms with Crippen LogP contribution in [-0.2, 0) is 11.8 Å². The molecule has 1 amide bonds. The second kappa shape index (κ2) is 8.88. The second-order valence-corrected chi connectivity index (χ2v) is 7.71. The number of rotatable bonds is 8. The molecule has 2 rings (SSSR count). The number of hydrogen-bond donors (Lipinski definition) is 2. The molecule has 0 saturated heterocycles. The molecule has 0 bridgehead atoms. The molecule has 1 atom stereocenters. The quantitative estimate of drug-likeness (QED) is 0.704. The summed E-state index contributed by atoms with van der Waals surface area (Å²) in [7, 11) is 1.82. The summed E-state index contributed by atoms with van der Waals surface area (Å²) in [6.07, 6.45) is 3.27. The Kier molecular flexibility index (Phi) is 6.83. The first-order valence-electron chi connectivity index (χ1n) is 9.38. The van der Waals surface area contributed by atoms with Gasteiger partial charge in [0.05, 0.1) is 11.1 Å². The van der Waals surface area contributed by atoms with Crippen LogP contribution in [0.25, 0.3) is 10.9 Å². The molecule has 0 aliphatic heterocycles. The van der Waals surface area contributed by atoms with Crippen molar-refractivity contribution >= 4 is 23.0 Å². The predicted molar refractivity (Wildman–Crippen MR) is 108 cm³/mol. The molecule has 26 heavy (non-hydrogen) atoms. The van der Waals surface area contributed by atoms with E-state index in [0.29, 0.717) is 30.4 Å². The number of aryl methyl sites for hydroxylation is 1. The summed E-state index contributed by atoms with van der Waals surface area (Å²) >= 11 is 0. The van der Waals surface area contributed by atoms with E-state index in [-0.39, 0.29) is 11.8 Å². The van der Waals surface area contributed by atoms with Crippen molar-refractivity contribution in [1.82, 2.24) is 9.88 Å². The largest absolute Gasteiger partial charge is 0.494 e. The highest BCUT2D eigenvalue weighted by Gasteiger charge is 2.19. The highest BCUT2D eigenvalue weighted by atomic mass is 16.3. The third-order valence-electron chi connectivity index (χ3n) is 4.52. The van der Waals surface area contributed by atoms with Gasteiger partial charge in [0.15, 0.2) is 0 Å². The highest BCUT2D eigenvalue weighted by molar-refractivity contribution is 6.03. The number of benzene rings is 1. The minimum absolute atomic E-state index is 0.0460. The first-order chi connectivity index (χ1) is 12.3. The van der Waals surface area contributed by atoms with Gasteiger partial charge in [-0.1, -0.05) is 45.9 Å². The number of aliphatic imine (C=N–C) groups is 1. The number of aromatic hydroxyl groups is 1. The smallest absolute Gasteiger partial charge is 0.244 e. The number of aromatic nitrogens is 1. The lowest BCUT2D eigenvalue weighted by atomic mass is 10.0. The summed E-state index contributed by atoms with van der Waals surface area (Å²) in [5, 5.41) is 14.4. The van der Waals surface area contributed by atoms with Gasteiger partial charge >= 0.3 is 0 Å². The number of carbonyl (C=O) groups excluding carboxylic acids is 1. The Bertz CT molecular complexity index is 775. The van der Waals surface area contributed by atoms with Crippen molar-refractivity contribution in [3.8, 4) is 5.88 Å². The number of carbonyl (C=O) groups is 1. The van der Waals surface area contributed by atoms with Crippen LogP contribution in [0, 0.1) is 11.8 Å². The van der Waals surface area contributed by atoms with Gasteiger partial charge in [0, 0.05) is 25.2 Å². The second-order valence-electron chi connectivity index (χ2n) is 7.71. The molecular formula is C21H31N3O2. The number of nitrogens with zero attached hydrogens (tertiary/aromatic N) is 2. The van der Waals surface area contributed by atoms with Crippen LogP contribution in [0.15, 0.2) is 29.3 Å². The van der Waals surface area contributed by atoms with Crippen LogP contribution >= 0.6 is 0 Å². The molecule has 2 N–H and O–H groups in total. The molecule has 0 aliphatic rings. The summed E-state index contributed by atoms with van der Waals surface area (Å²) < 4.78 is 1.73. The van der Waals surface area contributed by atoms with Gasteiger partial charge in [0.25, 0.3) is 0 Å². The van der Waals surface area contributed by atoms with Crippen molar-refractivity contribution in [2.24, 2.45) is 23.9 Å². The van der Waals surface area contributed by atoms with E-state index in [0.717, 1.165) is 17.3 Å². The molecule has 5 heteroatoms. The van der Waals surface area contributed by atoms with E-state index in [9.17, 15) is 9.90 Å². The number of nitrogens with one attached hydrogen (secondary N) is 1. The topological polar surface area (TPSA) is 66.6 Å². The molecule has 0 radical (unpaired) electrons. The maximum atomic E-state index is 12.5. The van der Waals surface area contributed by atoms with Crippen LogP contribution in [0.2, 0.25) is 0 Å². The van der Waals surface area contributed by atoms with Crippen LogP contribution in [0.3, 0.4) is 0 Å². The molecule has 1 aromatic heterocycles. The summed E-state index contributed by atoms with van der Waals surface area (Å²) in [5.74, 6) is 1.03. The maximum Gasteiger partial charge on any atom is 0.244 e. The minimum Gasteiger partial charge on any atom is -0.494 e. The molecule has 5 nitrogen and oxygen atoms in total. The zero-order chi connectivity index (χ0) is 19.3. The maximum absolute atomic E-state index is 12.5. The first kappa shape index (κ1) is 20.0. The minimum atomic E-state index is -0.444. The van der Waals surface area contributed by atoms with Crippen molar-refractivity contribution in [2.75, 3.05) is 6.54 Å². The van der Waals surface area contributed by atoms with Crippen LogP contribution in [0.4, 0.5) is 0 Å². The van der Waals surface area contributed by atoms with Crippen molar-refractivity contribution in [2.45, 2.75) is 46.6 Å². The van der Waals surface area contributed by atoms with Gasteiger partial charge < -0.3 is 15.0 Å². The number of para-hydroxylation sites is 1. The molecule has 1 heterocycles. The Morgan fingerprint density at radius 2 is 1.92 bits per heavy atom. The van der Waals surface area contributed by atoms with Crippen LogP contribution < -0.4 is 5.32 Å². The monoisotopic (exact) mass is 357 g/mol. The third kappa shape index (κ3) is 4.87. The van der Waals surface area contributed by atoms with Gasteiger partial charge in [-0.3, -0.25) is 9.79 Å². The lowest BCUT2D eigenvalue weighted by molar-refractivity contribution is -0.122. The molecule has 1 aromatic carbocycles. The summed E-state index contributed by atoms with van der Waals surface area (Å²) in [4.78, 5) is 17.1. The van der Waals surface area contributed by atoms with E-state index in [1.165, 1.54) is 0 Å². The van der Waals surface area contributed by atoms with E-state index in [1.807, 2.05) is 31.3 Å². The average Bonchev–Trinajstić information content (AvgIpc) is 2.82. The SMILES string of the molecule is CC(C)CCNC(=O)[C@H](CC(C)C)N=Cc1c(O)n(C)c2ccccc12. The zero-order valence-electron chi connectivity index (χ0n) is 16.5. The molecular weight excluding hydrogens is 326 g/mol. The predicted octanol–water partition coefficient (Wildman–Crippen LogP) is 3.88. The fraction of sp³-hybridized carbons (Fsp3) is 0.524. The van der Waals surface area contributed by atoms with E-state index < -0.39 is 6.04 Å². The van der Waals surface area contributed by atoms with Crippen molar-refractivity contribution in [1.29, 1.82) is 0 Å². The number of amides is 1. The Morgan fingerprint density at radius 3 is 2.58 bits per heavy atom. The van der Waals surface area contributed by atoms with Crippen LogP contribution in [0.1, 0.15) is 46.1 Å². The fourth-order valence-electron chi connectivity index (χ4n) is 2.98. The molecule has 2 aromatic rings. The molecule has 0 saturated carbocycles. The summed E-state index contributed by atoms with van der Waals surface area (Å²) in [6, 6.07) is 7.34. The Balaban J connectivity index is 2.22. The molecule has 0 aliphatic carbocycles. The molecule has 142 valence electrons. The normalized spacial score (nSPS) is 13.2. The Morgan fingerprint density at radius 1 is 1.23 bits per heavy atom. The van der Waals surface area contributed by atoms with Crippen molar-refractivity contribution < 1.29 is 9.90 Å². The van der Waals surface area contributed by atoms with E-state index in [2.05, 4.69) is 38.0 Å². The van der Waals surface area contributed by atoms with Gasteiger partial charge in [-0.2, -0.15) is 0 Å². The lowest BCUT2D eigenvalue weighted by Gasteiger charge is -2.15. The highest BCUT2D eigenvalue weighted by Crippen LogP contribution is 2.28. The number of fused-ring (bicyclic) bond motifs is 1. The molecule has 0 fully saturated rings. The zero-order valence-corrected chi connectivity index (χ0v) is 16.5. The van der Waals surface area contributed by atoms with Gasteiger partial charge in [-0.15, -0.1) is 0 Å². The number of hydrogen-bond acceptors (Lipinski definition) is 3. The standard InChI is InChI=1S/C21H31N3O2/c1-14(2)10-11-22-20(25)18(12-15(3)4)23-13-17-16-8-6-7-9-19(16)24(5)21(17)26/h6-9,13-15,18,26H,10-12H2,1-5H3,(H,22,25)/t18-/m0/s1. The van der Waals surface area contributed by atoms with Crippen molar-refractivity contribution in [3.05, 3.63) is 29.8 Å². The van der Waals surface area contributed by atoms with Gasteiger partial charge in [-0.25, -0.2) is 0 Å². The molecule has 0 unspecified atom stereocenters. The van der Waals surface area contributed by atoms with E-state index >= 15 is 0 Å². The fourth-order valence-corrected chi connectivity index (χ4v) is 2.98.